The maximum Gasteiger partial charge on any atom is 0.234 e. The number of nitrogens with one attached hydrogen (secondary N) is 4. The van der Waals surface area contributed by atoms with E-state index in [0.717, 1.165) is 38.5 Å². The molecule has 20 nitrogen and oxygen atoms in total. The number of ether oxygens (including phenoxy) is 8. The number of nitrogens with two attached hydrogens (primary N) is 2. The third-order valence-electron chi connectivity index (χ3n) is 9.79. The number of allylic oxidation sites excluding steroid dienone is 1. The second-order valence-corrected chi connectivity index (χ2v) is 15.4. The first kappa shape index (κ1) is 66.8. The van der Waals surface area contributed by atoms with Gasteiger partial charge in [0.1, 0.15) is 5.78 Å². The topological polar surface area (TPSA) is 276 Å². The Balaban J connectivity index is 0. The van der Waals surface area contributed by atoms with E-state index in [4.69, 9.17) is 49.4 Å². The monoisotopic (exact) mass is 985 g/mol. The quantitative estimate of drug-likeness (QED) is 0.0377. The van der Waals surface area contributed by atoms with Gasteiger partial charge in [-0.15, -0.1) is 0 Å². The minimum Gasteiger partial charge on any atom is -0.379 e. The van der Waals surface area contributed by atoms with E-state index < -0.39 is 0 Å². The van der Waals surface area contributed by atoms with Crippen LogP contribution in [0.25, 0.3) is 0 Å². The van der Waals surface area contributed by atoms with Crippen LogP contribution in [0.4, 0.5) is 0 Å². The van der Waals surface area contributed by atoms with Gasteiger partial charge in [-0.1, -0.05) is 24.8 Å². The predicted octanol–water partition coefficient (Wildman–Crippen LogP) is 2.35. The molecule has 0 saturated carbocycles. The minimum atomic E-state index is -0.375. The van der Waals surface area contributed by atoms with Crippen molar-refractivity contribution in [3.8, 4) is 0 Å². The van der Waals surface area contributed by atoms with Crippen molar-refractivity contribution in [2.24, 2.45) is 17.4 Å². The summed E-state index contributed by atoms with van der Waals surface area (Å²) in [6, 6.07) is -0.344. The minimum absolute atomic E-state index is 0.0670. The van der Waals surface area contributed by atoms with Crippen LogP contribution in [0.1, 0.15) is 104 Å². The summed E-state index contributed by atoms with van der Waals surface area (Å²) in [5.74, 6) is -0.895. The number of primary amides is 2. The molecular formula is C49H88N6O14. The maximum absolute atomic E-state index is 12.1. The zero-order chi connectivity index (χ0) is 51.3. The van der Waals surface area contributed by atoms with Crippen molar-refractivity contribution in [1.82, 2.24) is 21.3 Å². The number of carbonyl (C=O) groups excluding carboxylic acids is 6. The van der Waals surface area contributed by atoms with Crippen LogP contribution in [0.15, 0.2) is 29.8 Å². The largest absolute Gasteiger partial charge is 0.379 e. The first-order valence-corrected chi connectivity index (χ1v) is 24.5. The van der Waals surface area contributed by atoms with E-state index in [1.165, 1.54) is 0 Å². The summed E-state index contributed by atoms with van der Waals surface area (Å²) in [5, 5.41) is 11.3. The van der Waals surface area contributed by atoms with Gasteiger partial charge >= 0.3 is 0 Å². The summed E-state index contributed by atoms with van der Waals surface area (Å²) in [5.41, 5.74) is 18.2. The zero-order valence-corrected chi connectivity index (χ0v) is 42.1. The lowest BCUT2D eigenvalue weighted by Gasteiger charge is -2.11. The fourth-order valence-electron chi connectivity index (χ4n) is 5.87. The number of carbonyl (C=O) groups is 6. The summed E-state index contributed by atoms with van der Waals surface area (Å²) in [4.78, 5) is 70.3. The molecule has 0 aliphatic heterocycles. The Bertz CT molecular complexity index is 1350. The highest BCUT2D eigenvalue weighted by Crippen LogP contribution is 2.11. The van der Waals surface area contributed by atoms with E-state index >= 15 is 0 Å². The molecule has 2 atom stereocenters. The molecule has 0 rings (SSSR count). The van der Waals surface area contributed by atoms with Gasteiger partial charge in [0.15, 0.2) is 0 Å². The van der Waals surface area contributed by atoms with Crippen molar-refractivity contribution in [2.45, 2.75) is 110 Å². The number of hydrogen-bond acceptors (Lipinski definition) is 15. The molecule has 0 aromatic heterocycles. The molecule has 0 radical (unpaired) electrons. The van der Waals surface area contributed by atoms with Gasteiger partial charge in [0.05, 0.1) is 105 Å². The molecule has 398 valence electrons. The molecule has 0 unspecified atom stereocenters. The molecule has 0 aromatic rings. The normalized spacial score (nSPS) is 11.5. The molecular weight excluding hydrogens is 897 g/mol. The summed E-state index contributed by atoms with van der Waals surface area (Å²) < 4.78 is 43.7. The summed E-state index contributed by atoms with van der Waals surface area (Å²) in [6.07, 6.45) is 9.76. The molecule has 0 spiro atoms. The van der Waals surface area contributed by atoms with E-state index in [0.29, 0.717) is 157 Å². The SMILES string of the molecule is C=C=C=C=CC.CC[C@@H](CCCCNC(=O)CCOCCOCCOCCOCCCC(=O)CCCC(=O)NCCOCCOCCOCCOCCC(=O)NCCCC[C@H](NC)C(N)=O)C(N)=O. The van der Waals surface area contributed by atoms with Crippen LogP contribution in [-0.2, 0) is 66.7 Å². The molecule has 0 aliphatic rings. The molecule has 0 heterocycles. The number of unbranched alkanes of at least 4 members (excludes halogenated alkanes) is 2. The third kappa shape index (κ3) is 51.4. The van der Waals surface area contributed by atoms with Gasteiger partial charge in [0.2, 0.25) is 29.5 Å². The van der Waals surface area contributed by atoms with Crippen molar-refractivity contribution in [3.05, 3.63) is 29.8 Å². The van der Waals surface area contributed by atoms with E-state index in [1.807, 2.05) is 13.8 Å². The molecule has 20 heteroatoms. The fourth-order valence-corrected chi connectivity index (χ4v) is 5.87. The van der Waals surface area contributed by atoms with E-state index in [9.17, 15) is 28.8 Å². The Morgan fingerprint density at radius 2 is 0.928 bits per heavy atom. The number of Topliss-reactive ketones (excluding diaryl/α,β-unsaturated/α-hetero) is 1. The van der Waals surface area contributed by atoms with Crippen LogP contribution in [0.2, 0.25) is 0 Å². The third-order valence-corrected chi connectivity index (χ3v) is 9.79. The fraction of sp³-hybridized carbons (Fsp3) is 0.776. The lowest BCUT2D eigenvalue weighted by Crippen LogP contribution is -2.39. The molecule has 0 bridgehead atoms. The van der Waals surface area contributed by atoms with Crippen LogP contribution in [0.3, 0.4) is 0 Å². The molecule has 5 amide bonds. The summed E-state index contributed by atoms with van der Waals surface area (Å²) in [7, 11) is 1.69. The van der Waals surface area contributed by atoms with Crippen molar-refractivity contribution < 1.29 is 66.7 Å². The number of hydrogen-bond donors (Lipinski definition) is 6. The van der Waals surface area contributed by atoms with Crippen LogP contribution in [0.5, 0.6) is 0 Å². The van der Waals surface area contributed by atoms with Gasteiger partial charge in [0.25, 0.3) is 0 Å². The number of likely N-dealkylation sites (N-methyl/N-ethyl adjacent to an activating group) is 1. The van der Waals surface area contributed by atoms with E-state index in [-0.39, 0.29) is 66.5 Å². The highest BCUT2D eigenvalue weighted by atomic mass is 16.6. The number of amides is 5. The van der Waals surface area contributed by atoms with Crippen LogP contribution >= 0.6 is 0 Å². The smallest absolute Gasteiger partial charge is 0.234 e. The average molecular weight is 985 g/mol. The Morgan fingerprint density at radius 1 is 0.507 bits per heavy atom. The van der Waals surface area contributed by atoms with Crippen molar-refractivity contribution in [2.75, 3.05) is 132 Å². The van der Waals surface area contributed by atoms with Gasteiger partial charge < -0.3 is 70.6 Å². The lowest BCUT2D eigenvalue weighted by molar-refractivity contribution is -0.123. The van der Waals surface area contributed by atoms with Gasteiger partial charge in [0, 0.05) is 64.3 Å². The average Bonchev–Trinajstić information content (AvgIpc) is 3.32. The van der Waals surface area contributed by atoms with Gasteiger partial charge in [-0.25, -0.2) is 0 Å². The molecule has 0 aromatic carbocycles. The first-order chi connectivity index (χ1) is 33.5. The lowest BCUT2D eigenvalue weighted by atomic mass is 9.99. The van der Waals surface area contributed by atoms with Gasteiger partial charge in [-0.2, -0.15) is 0 Å². The van der Waals surface area contributed by atoms with Crippen molar-refractivity contribution in [1.29, 1.82) is 0 Å². The zero-order valence-electron chi connectivity index (χ0n) is 42.1. The second kappa shape index (κ2) is 53.1. The Hall–Kier alpha value is -4.26. The highest BCUT2D eigenvalue weighted by Gasteiger charge is 2.13. The number of ketones is 1. The standard InChI is InChI=1S/C43H82N6O14.C6H6/c1-3-36(42(44)54)10-4-6-17-47-40(52)15-21-57-25-29-61-33-32-60-28-24-56-20-9-12-37(50)11-8-14-39(51)49-19-23-59-27-31-63-35-34-62-30-26-58-22-16-41(53)48-18-7-5-13-38(46-2)43(45)55;1-3-5-6-4-2/h36,38,46H,3-35H2,1-2H3,(H2,44,54)(H2,45,55)(H,47,52)(H,48,53)(H,49,51);4H,1H2,2H3/t36-,38-;/m0./s1. The molecule has 0 saturated heterocycles. The number of rotatable bonds is 49. The summed E-state index contributed by atoms with van der Waals surface area (Å²) >= 11 is 0. The Kier molecular flexibility index (Phi) is 51.4. The highest BCUT2D eigenvalue weighted by molar-refractivity contribution is 5.80. The van der Waals surface area contributed by atoms with Crippen molar-refractivity contribution in [3.63, 3.8) is 0 Å². The van der Waals surface area contributed by atoms with Crippen LogP contribution in [0, 0.1) is 5.92 Å². The van der Waals surface area contributed by atoms with E-state index in [1.54, 1.807) is 13.1 Å². The molecule has 8 N–H and O–H groups in total. The second-order valence-electron chi connectivity index (χ2n) is 15.4. The predicted molar refractivity (Wildman–Crippen MR) is 262 cm³/mol. The first-order valence-electron chi connectivity index (χ1n) is 24.5. The van der Waals surface area contributed by atoms with Gasteiger partial charge in [-0.05, 0) is 83.7 Å². The van der Waals surface area contributed by atoms with Crippen LogP contribution in [-0.4, -0.2) is 174 Å². The van der Waals surface area contributed by atoms with Gasteiger partial charge in [-0.3, -0.25) is 28.8 Å². The molecule has 69 heavy (non-hydrogen) atoms. The Morgan fingerprint density at radius 3 is 1.35 bits per heavy atom. The van der Waals surface area contributed by atoms with Crippen LogP contribution < -0.4 is 32.7 Å². The van der Waals surface area contributed by atoms with E-state index in [2.05, 4.69) is 45.0 Å². The molecule has 0 aliphatic carbocycles. The molecule has 0 fully saturated rings. The Labute approximate surface area is 411 Å². The maximum atomic E-state index is 12.1. The summed E-state index contributed by atoms with van der Waals surface area (Å²) in [6.45, 7) is 14.9. The van der Waals surface area contributed by atoms with Crippen molar-refractivity contribution >= 4 is 35.3 Å².